The number of H-pyrrole nitrogens is 1. The second-order valence-corrected chi connectivity index (χ2v) is 7.23. The van der Waals surface area contributed by atoms with E-state index >= 15 is 0 Å². The Morgan fingerprint density at radius 2 is 2.04 bits per heavy atom. The van der Waals surface area contributed by atoms with Gasteiger partial charge in [-0.15, -0.1) is 11.3 Å². The topological polar surface area (TPSA) is 70.6 Å². The summed E-state index contributed by atoms with van der Waals surface area (Å²) in [6.07, 6.45) is 9.71. The summed E-state index contributed by atoms with van der Waals surface area (Å²) < 4.78 is 0. The van der Waals surface area contributed by atoms with E-state index in [9.17, 15) is 0 Å². The number of nitrogens with zero attached hydrogens (tertiary/aromatic N) is 5. The fraction of sp³-hybridized carbons (Fsp3) is 0.412. The van der Waals surface area contributed by atoms with E-state index in [1.54, 1.807) is 17.5 Å². The third kappa shape index (κ3) is 3.37. The maximum Gasteiger partial charge on any atom is 0.157 e. The Labute approximate surface area is 145 Å². The lowest BCUT2D eigenvalue weighted by atomic mass is 9.93. The minimum Gasteiger partial charge on any atom is -0.341 e. The number of rotatable bonds is 4. The fourth-order valence-corrected chi connectivity index (χ4v) is 3.80. The van der Waals surface area contributed by atoms with E-state index in [1.165, 1.54) is 4.88 Å². The second kappa shape index (κ2) is 6.78. The highest BCUT2D eigenvalue weighted by molar-refractivity contribution is 7.09. The van der Waals surface area contributed by atoms with E-state index in [4.69, 9.17) is 4.98 Å². The molecule has 1 saturated heterocycles. The van der Waals surface area contributed by atoms with Gasteiger partial charge in [0.2, 0.25) is 0 Å². The molecule has 6 nitrogen and oxygen atoms in total. The molecule has 0 spiro atoms. The van der Waals surface area contributed by atoms with Crippen molar-refractivity contribution in [1.82, 2.24) is 29.8 Å². The minimum atomic E-state index is 0.478. The number of aromatic amines is 1. The number of hydrogen-bond acceptors (Lipinski definition) is 6. The van der Waals surface area contributed by atoms with Gasteiger partial charge in [-0.05, 0) is 32.9 Å². The molecule has 0 radical (unpaired) electrons. The number of piperidine rings is 1. The van der Waals surface area contributed by atoms with Gasteiger partial charge >= 0.3 is 0 Å². The van der Waals surface area contributed by atoms with Crippen molar-refractivity contribution in [2.75, 3.05) is 13.1 Å². The highest BCUT2D eigenvalue weighted by Gasteiger charge is 2.22. The van der Waals surface area contributed by atoms with Crippen LogP contribution in [0.2, 0.25) is 0 Å². The first kappa shape index (κ1) is 15.4. The average molecular weight is 340 g/mol. The molecule has 1 N–H and O–H groups in total. The molecule has 4 rings (SSSR count). The van der Waals surface area contributed by atoms with Gasteiger partial charge in [-0.1, -0.05) is 0 Å². The van der Waals surface area contributed by atoms with Crippen LogP contribution in [0.4, 0.5) is 0 Å². The second-order valence-electron chi connectivity index (χ2n) is 6.26. The van der Waals surface area contributed by atoms with Gasteiger partial charge in [0.1, 0.15) is 5.69 Å². The third-order valence-corrected chi connectivity index (χ3v) is 5.23. The van der Waals surface area contributed by atoms with Gasteiger partial charge < -0.3 is 4.98 Å². The SMILES string of the molecule is Cc1cnc(-c2cncc(C3CCN(Cc4cncs4)CC3)n2)[nH]1. The molecule has 0 aliphatic carbocycles. The van der Waals surface area contributed by atoms with E-state index in [-0.39, 0.29) is 0 Å². The van der Waals surface area contributed by atoms with Crippen LogP contribution >= 0.6 is 11.3 Å². The normalized spacial score (nSPS) is 16.5. The van der Waals surface area contributed by atoms with Crippen LogP contribution in [0.25, 0.3) is 11.5 Å². The number of imidazole rings is 1. The van der Waals surface area contributed by atoms with Crippen molar-refractivity contribution >= 4 is 11.3 Å². The zero-order valence-electron chi connectivity index (χ0n) is 13.6. The van der Waals surface area contributed by atoms with Crippen LogP contribution in [-0.4, -0.2) is 42.9 Å². The molecule has 1 aliphatic rings. The molecule has 24 heavy (non-hydrogen) atoms. The van der Waals surface area contributed by atoms with E-state index in [2.05, 4.69) is 24.8 Å². The van der Waals surface area contributed by atoms with Gasteiger partial charge in [0.15, 0.2) is 5.82 Å². The molecular formula is C17H20N6S. The van der Waals surface area contributed by atoms with Gasteiger partial charge in [0.25, 0.3) is 0 Å². The fourth-order valence-electron chi connectivity index (χ4n) is 3.16. The summed E-state index contributed by atoms with van der Waals surface area (Å²) in [7, 11) is 0. The molecule has 3 aromatic heterocycles. The Balaban J connectivity index is 1.42. The lowest BCUT2D eigenvalue weighted by Gasteiger charge is -2.31. The first-order valence-electron chi connectivity index (χ1n) is 8.21. The van der Waals surface area contributed by atoms with Crippen molar-refractivity contribution in [1.29, 1.82) is 0 Å². The maximum absolute atomic E-state index is 4.80. The quantitative estimate of drug-likeness (QED) is 0.790. The number of likely N-dealkylation sites (tertiary alicyclic amines) is 1. The summed E-state index contributed by atoms with van der Waals surface area (Å²) in [5.74, 6) is 1.27. The number of aromatic nitrogens is 5. The van der Waals surface area contributed by atoms with Crippen molar-refractivity contribution in [3.8, 4) is 11.5 Å². The predicted molar refractivity (Wildman–Crippen MR) is 93.7 cm³/mol. The molecule has 0 atom stereocenters. The Kier molecular flexibility index (Phi) is 4.36. The van der Waals surface area contributed by atoms with Crippen LogP contribution < -0.4 is 0 Å². The van der Waals surface area contributed by atoms with Crippen molar-refractivity contribution in [2.24, 2.45) is 0 Å². The van der Waals surface area contributed by atoms with Gasteiger partial charge in [-0.25, -0.2) is 9.97 Å². The zero-order valence-corrected chi connectivity index (χ0v) is 14.5. The third-order valence-electron chi connectivity index (χ3n) is 4.47. The monoisotopic (exact) mass is 340 g/mol. The van der Waals surface area contributed by atoms with E-state index in [0.717, 1.165) is 55.4 Å². The Morgan fingerprint density at radius 3 is 2.75 bits per heavy atom. The molecule has 1 fully saturated rings. The van der Waals surface area contributed by atoms with Crippen LogP contribution in [-0.2, 0) is 6.54 Å². The molecule has 1 aliphatic heterocycles. The van der Waals surface area contributed by atoms with Crippen LogP contribution in [0.3, 0.4) is 0 Å². The highest BCUT2D eigenvalue weighted by Crippen LogP contribution is 2.28. The smallest absolute Gasteiger partial charge is 0.157 e. The Hall–Kier alpha value is -2.12. The summed E-state index contributed by atoms with van der Waals surface area (Å²) in [6, 6.07) is 0. The van der Waals surface area contributed by atoms with Crippen LogP contribution in [0, 0.1) is 6.92 Å². The Morgan fingerprint density at radius 1 is 1.17 bits per heavy atom. The standard InChI is InChI=1S/C17H20N6S/c1-12-6-20-17(21-12)16-9-18-8-15(22-16)13-2-4-23(5-3-13)10-14-7-19-11-24-14/h6-9,11,13H,2-5,10H2,1H3,(H,20,21). The van der Waals surface area contributed by atoms with Gasteiger partial charge in [-0.3, -0.25) is 14.9 Å². The van der Waals surface area contributed by atoms with Gasteiger partial charge in [0, 0.05) is 41.6 Å². The number of hydrogen-bond donors (Lipinski definition) is 1. The summed E-state index contributed by atoms with van der Waals surface area (Å²) in [6.45, 7) is 5.18. The Bertz CT molecular complexity index is 789. The molecule has 0 amide bonds. The first-order valence-corrected chi connectivity index (χ1v) is 9.09. The number of nitrogens with one attached hydrogen (secondary N) is 1. The molecular weight excluding hydrogens is 320 g/mol. The largest absolute Gasteiger partial charge is 0.341 e. The summed E-state index contributed by atoms with van der Waals surface area (Å²) in [5, 5.41) is 0. The van der Waals surface area contributed by atoms with Gasteiger partial charge in [-0.2, -0.15) is 0 Å². The molecule has 124 valence electrons. The van der Waals surface area contributed by atoms with E-state index in [0.29, 0.717) is 5.92 Å². The summed E-state index contributed by atoms with van der Waals surface area (Å²) in [5.41, 5.74) is 4.85. The lowest BCUT2D eigenvalue weighted by Crippen LogP contribution is -2.32. The molecule has 0 bridgehead atoms. The number of aryl methyl sites for hydroxylation is 1. The lowest BCUT2D eigenvalue weighted by molar-refractivity contribution is 0.204. The predicted octanol–water partition coefficient (Wildman–Crippen LogP) is 3.01. The number of thiazole rings is 1. The summed E-state index contributed by atoms with van der Waals surface area (Å²) in [4.78, 5) is 24.8. The first-order chi connectivity index (χ1) is 11.8. The van der Waals surface area contributed by atoms with E-state index in [1.807, 2.05) is 31.0 Å². The summed E-state index contributed by atoms with van der Waals surface area (Å²) >= 11 is 1.73. The van der Waals surface area contributed by atoms with Crippen molar-refractivity contribution in [2.45, 2.75) is 32.2 Å². The van der Waals surface area contributed by atoms with Crippen molar-refractivity contribution in [3.05, 3.63) is 46.6 Å². The molecule has 3 aromatic rings. The van der Waals surface area contributed by atoms with Crippen LogP contribution in [0.5, 0.6) is 0 Å². The van der Waals surface area contributed by atoms with Crippen molar-refractivity contribution < 1.29 is 0 Å². The van der Waals surface area contributed by atoms with Crippen LogP contribution in [0.1, 0.15) is 35.0 Å². The van der Waals surface area contributed by atoms with Crippen LogP contribution in [0.15, 0.2) is 30.3 Å². The van der Waals surface area contributed by atoms with Crippen molar-refractivity contribution in [3.63, 3.8) is 0 Å². The molecule has 0 unspecified atom stereocenters. The highest BCUT2D eigenvalue weighted by atomic mass is 32.1. The molecule has 4 heterocycles. The van der Waals surface area contributed by atoms with Gasteiger partial charge in [0.05, 0.1) is 17.4 Å². The molecule has 7 heteroatoms. The molecule has 0 saturated carbocycles. The zero-order chi connectivity index (χ0) is 16.4. The maximum atomic E-state index is 4.80. The minimum absolute atomic E-state index is 0.478. The van der Waals surface area contributed by atoms with E-state index < -0.39 is 0 Å². The average Bonchev–Trinajstić information content (AvgIpc) is 3.27. The molecule has 0 aromatic carbocycles.